The third-order valence-corrected chi connectivity index (χ3v) is 3.00. The van der Waals surface area contributed by atoms with Gasteiger partial charge in [0.2, 0.25) is 0 Å². The van der Waals surface area contributed by atoms with Gasteiger partial charge >= 0.3 is 0 Å². The van der Waals surface area contributed by atoms with E-state index < -0.39 is 0 Å². The topological polar surface area (TPSA) is 29.3 Å². The Morgan fingerprint density at radius 3 is 2.08 bits per heavy atom. The molecule has 2 heteroatoms. The Labute approximate surface area is 83.5 Å². The fourth-order valence-electron chi connectivity index (χ4n) is 1.75. The van der Waals surface area contributed by atoms with Crippen molar-refractivity contribution < 1.29 is 0 Å². The molecular formula is C11H26N2. The van der Waals surface area contributed by atoms with Gasteiger partial charge in [-0.05, 0) is 33.7 Å². The van der Waals surface area contributed by atoms with Crippen molar-refractivity contribution in [1.29, 1.82) is 0 Å². The van der Waals surface area contributed by atoms with Gasteiger partial charge in [-0.15, -0.1) is 0 Å². The van der Waals surface area contributed by atoms with Gasteiger partial charge in [-0.1, -0.05) is 20.3 Å². The van der Waals surface area contributed by atoms with Gasteiger partial charge in [0.25, 0.3) is 0 Å². The van der Waals surface area contributed by atoms with Gasteiger partial charge in [0.1, 0.15) is 0 Å². The van der Waals surface area contributed by atoms with Crippen LogP contribution in [0.1, 0.15) is 47.0 Å². The molecule has 0 heterocycles. The second kappa shape index (κ2) is 6.39. The third kappa shape index (κ3) is 4.10. The molecule has 0 saturated carbocycles. The van der Waals surface area contributed by atoms with Crippen LogP contribution in [0.15, 0.2) is 0 Å². The van der Waals surface area contributed by atoms with Crippen molar-refractivity contribution in [1.82, 2.24) is 4.90 Å². The van der Waals surface area contributed by atoms with E-state index in [-0.39, 0.29) is 6.04 Å². The molecule has 3 unspecified atom stereocenters. The maximum Gasteiger partial charge on any atom is 0.0244 e. The zero-order chi connectivity index (χ0) is 10.4. The lowest BCUT2D eigenvalue weighted by atomic mass is 10.0. The second-order valence-electron chi connectivity index (χ2n) is 4.14. The molecule has 2 nitrogen and oxygen atoms in total. The Morgan fingerprint density at radius 1 is 1.23 bits per heavy atom. The van der Waals surface area contributed by atoms with Crippen LogP contribution in [0.3, 0.4) is 0 Å². The quantitative estimate of drug-likeness (QED) is 0.689. The predicted molar refractivity (Wildman–Crippen MR) is 59.9 cm³/mol. The normalized spacial score (nSPS) is 18.7. The zero-order valence-corrected chi connectivity index (χ0v) is 9.88. The highest BCUT2D eigenvalue weighted by Gasteiger charge is 2.20. The number of rotatable bonds is 6. The SMILES string of the molecule is CCCC(C(C)N)N(C)C(C)CC. The highest BCUT2D eigenvalue weighted by atomic mass is 15.2. The monoisotopic (exact) mass is 186 g/mol. The van der Waals surface area contributed by atoms with Crippen molar-refractivity contribution in [2.75, 3.05) is 7.05 Å². The van der Waals surface area contributed by atoms with Crippen LogP contribution in [0.4, 0.5) is 0 Å². The Balaban J connectivity index is 4.18. The number of hydrogen-bond donors (Lipinski definition) is 1. The van der Waals surface area contributed by atoms with Gasteiger partial charge in [0, 0.05) is 18.1 Å². The van der Waals surface area contributed by atoms with Crippen molar-refractivity contribution >= 4 is 0 Å². The first-order chi connectivity index (χ1) is 6.04. The summed E-state index contributed by atoms with van der Waals surface area (Å²) in [6.07, 6.45) is 3.62. The van der Waals surface area contributed by atoms with E-state index in [1.165, 1.54) is 19.3 Å². The summed E-state index contributed by atoms with van der Waals surface area (Å²) in [6, 6.07) is 1.46. The molecule has 0 radical (unpaired) electrons. The molecule has 0 aromatic heterocycles. The van der Waals surface area contributed by atoms with Crippen LogP contribution >= 0.6 is 0 Å². The Morgan fingerprint density at radius 2 is 1.77 bits per heavy atom. The van der Waals surface area contributed by atoms with Crippen molar-refractivity contribution in [3.63, 3.8) is 0 Å². The van der Waals surface area contributed by atoms with Crippen LogP contribution in [0.25, 0.3) is 0 Å². The minimum absolute atomic E-state index is 0.277. The molecule has 0 amide bonds. The highest BCUT2D eigenvalue weighted by molar-refractivity contribution is 4.79. The molecule has 0 bridgehead atoms. The molecule has 0 aromatic rings. The summed E-state index contributed by atoms with van der Waals surface area (Å²) in [7, 11) is 2.19. The minimum Gasteiger partial charge on any atom is -0.327 e. The van der Waals surface area contributed by atoms with Crippen LogP contribution in [-0.2, 0) is 0 Å². The molecule has 3 atom stereocenters. The maximum atomic E-state index is 5.97. The summed E-state index contributed by atoms with van der Waals surface area (Å²) in [4.78, 5) is 2.42. The number of nitrogens with zero attached hydrogens (tertiary/aromatic N) is 1. The number of hydrogen-bond acceptors (Lipinski definition) is 2. The van der Waals surface area contributed by atoms with Gasteiger partial charge in [0.15, 0.2) is 0 Å². The van der Waals surface area contributed by atoms with Crippen LogP contribution in [0.5, 0.6) is 0 Å². The van der Waals surface area contributed by atoms with Gasteiger partial charge in [-0.25, -0.2) is 0 Å². The number of likely N-dealkylation sites (N-methyl/N-ethyl adjacent to an activating group) is 1. The second-order valence-corrected chi connectivity index (χ2v) is 4.14. The lowest BCUT2D eigenvalue weighted by Crippen LogP contribution is -2.47. The van der Waals surface area contributed by atoms with E-state index >= 15 is 0 Å². The van der Waals surface area contributed by atoms with E-state index in [4.69, 9.17) is 5.73 Å². The molecule has 0 saturated heterocycles. The molecule has 13 heavy (non-hydrogen) atoms. The van der Waals surface area contributed by atoms with Gasteiger partial charge < -0.3 is 5.73 Å². The van der Waals surface area contributed by atoms with Crippen molar-refractivity contribution in [2.24, 2.45) is 5.73 Å². The molecule has 0 fully saturated rings. The third-order valence-electron chi connectivity index (χ3n) is 3.00. The first kappa shape index (κ1) is 12.9. The van der Waals surface area contributed by atoms with Crippen LogP contribution in [-0.4, -0.2) is 30.1 Å². The van der Waals surface area contributed by atoms with E-state index in [0.29, 0.717) is 12.1 Å². The van der Waals surface area contributed by atoms with Crippen LogP contribution in [0.2, 0.25) is 0 Å². The van der Waals surface area contributed by atoms with E-state index in [2.05, 4.69) is 39.6 Å². The van der Waals surface area contributed by atoms with Gasteiger partial charge in [-0.3, -0.25) is 4.90 Å². The summed E-state index contributed by atoms with van der Waals surface area (Å²) >= 11 is 0. The van der Waals surface area contributed by atoms with Crippen molar-refractivity contribution in [3.8, 4) is 0 Å². The first-order valence-electron chi connectivity index (χ1n) is 5.52. The molecular weight excluding hydrogens is 160 g/mol. The largest absolute Gasteiger partial charge is 0.327 e. The Kier molecular flexibility index (Phi) is 6.35. The van der Waals surface area contributed by atoms with E-state index in [9.17, 15) is 0 Å². The van der Waals surface area contributed by atoms with Gasteiger partial charge in [-0.2, -0.15) is 0 Å². The van der Waals surface area contributed by atoms with E-state index in [0.717, 1.165) is 0 Å². The average Bonchev–Trinajstić information content (AvgIpc) is 2.11. The molecule has 2 N–H and O–H groups in total. The predicted octanol–water partition coefficient (Wildman–Crippen LogP) is 2.23. The smallest absolute Gasteiger partial charge is 0.0244 e. The fraction of sp³-hybridized carbons (Fsp3) is 1.00. The van der Waals surface area contributed by atoms with Crippen LogP contribution < -0.4 is 5.73 Å². The Hall–Kier alpha value is -0.0800. The summed E-state index contributed by atoms with van der Waals surface area (Å²) in [6.45, 7) is 8.83. The maximum absolute atomic E-state index is 5.97. The molecule has 0 aromatic carbocycles. The fourth-order valence-corrected chi connectivity index (χ4v) is 1.75. The zero-order valence-electron chi connectivity index (χ0n) is 9.88. The van der Waals surface area contributed by atoms with Gasteiger partial charge in [0.05, 0.1) is 0 Å². The summed E-state index contributed by atoms with van der Waals surface area (Å²) in [5.74, 6) is 0. The lowest BCUT2D eigenvalue weighted by Gasteiger charge is -2.35. The molecule has 0 aliphatic carbocycles. The van der Waals surface area contributed by atoms with Crippen molar-refractivity contribution in [2.45, 2.75) is 65.1 Å². The molecule has 0 spiro atoms. The Bertz CT molecular complexity index is 123. The first-order valence-corrected chi connectivity index (χ1v) is 5.52. The molecule has 0 rings (SSSR count). The standard InChI is InChI=1S/C11H26N2/c1-6-8-11(10(4)12)13(5)9(3)7-2/h9-11H,6-8,12H2,1-5H3. The average molecular weight is 186 g/mol. The molecule has 80 valence electrons. The van der Waals surface area contributed by atoms with Crippen molar-refractivity contribution in [3.05, 3.63) is 0 Å². The summed E-state index contributed by atoms with van der Waals surface area (Å²) in [5.41, 5.74) is 5.97. The van der Waals surface area contributed by atoms with Crippen LogP contribution in [0, 0.1) is 0 Å². The molecule has 0 aliphatic heterocycles. The van der Waals surface area contributed by atoms with E-state index in [1.807, 2.05) is 0 Å². The lowest BCUT2D eigenvalue weighted by molar-refractivity contribution is 0.151. The highest BCUT2D eigenvalue weighted by Crippen LogP contribution is 2.13. The minimum atomic E-state index is 0.277. The summed E-state index contributed by atoms with van der Waals surface area (Å²) < 4.78 is 0. The summed E-state index contributed by atoms with van der Waals surface area (Å²) in [5, 5.41) is 0. The molecule has 0 aliphatic rings. The van der Waals surface area contributed by atoms with E-state index in [1.54, 1.807) is 0 Å². The number of nitrogens with two attached hydrogens (primary N) is 1.